The molecule has 2 aliphatic heterocycles. The number of carbonyl (C=O) groups excluding carboxylic acids is 1. The molecule has 3 rings (SSSR count). The van der Waals surface area contributed by atoms with Gasteiger partial charge in [0, 0.05) is 10.8 Å². The molecular weight excluding hydrogens is 304 g/mol. The molecule has 0 aliphatic carbocycles. The van der Waals surface area contributed by atoms with Crippen LogP contribution in [0.15, 0.2) is 47.7 Å². The Kier molecular flexibility index (Phi) is 3.54. The van der Waals surface area contributed by atoms with Crippen molar-refractivity contribution in [3.05, 3.63) is 52.7 Å². The van der Waals surface area contributed by atoms with E-state index in [9.17, 15) is 4.79 Å². The average Bonchev–Trinajstić information content (AvgIpc) is 2.69. The van der Waals surface area contributed by atoms with Crippen LogP contribution >= 0.6 is 23.4 Å². The Labute approximate surface area is 134 Å². The fraction of sp³-hybridized carbons (Fsp3) is 0.312. The number of halogens is 1. The van der Waals surface area contributed by atoms with Gasteiger partial charge in [0.15, 0.2) is 0 Å². The van der Waals surface area contributed by atoms with Crippen LogP contribution in [0, 0.1) is 0 Å². The van der Waals surface area contributed by atoms with Crippen LogP contribution < -0.4 is 10.4 Å². The molecular formula is C16H17ClN2OS. The van der Waals surface area contributed by atoms with Gasteiger partial charge in [0.1, 0.15) is 4.75 Å². The highest BCUT2D eigenvalue weighted by atomic mass is 35.5. The lowest BCUT2D eigenvalue weighted by Gasteiger charge is -2.31. The molecule has 21 heavy (non-hydrogen) atoms. The monoisotopic (exact) mass is 320 g/mol. The average molecular weight is 321 g/mol. The number of amides is 1. The normalized spacial score (nSPS) is 25.8. The number of nitrogens with one attached hydrogen (secondary N) is 1. The van der Waals surface area contributed by atoms with Gasteiger partial charge in [-0.05, 0) is 44.5 Å². The largest absolute Gasteiger partial charge is 0.294 e. The van der Waals surface area contributed by atoms with Crippen LogP contribution in [0.5, 0.6) is 0 Å². The van der Waals surface area contributed by atoms with Crippen LogP contribution in [0.2, 0.25) is 5.02 Å². The molecule has 1 N–H and O–H groups in total. The lowest BCUT2D eigenvalue weighted by molar-refractivity contribution is -0.118. The summed E-state index contributed by atoms with van der Waals surface area (Å²) in [6, 6.07) is 7.23. The predicted molar refractivity (Wildman–Crippen MR) is 89.4 cm³/mol. The number of allylic oxidation sites excluding steroid dienone is 1. The van der Waals surface area contributed by atoms with Crippen molar-refractivity contribution in [3.63, 3.8) is 0 Å². The van der Waals surface area contributed by atoms with Crippen molar-refractivity contribution in [2.45, 2.75) is 25.0 Å². The summed E-state index contributed by atoms with van der Waals surface area (Å²) in [5, 5.41) is 2.24. The van der Waals surface area contributed by atoms with Gasteiger partial charge in [0.05, 0.1) is 11.4 Å². The number of nitrogens with zero attached hydrogens (tertiary/aromatic N) is 1. The number of anilines is 1. The molecule has 1 saturated heterocycles. The van der Waals surface area contributed by atoms with Crippen molar-refractivity contribution < 1.29 is 4.79 Å². The molecule has 0 saturated carbocycles. The van der Waals surface area contributed by atoms with Gasteiger partial charge in [-0.2, -0.15) is 0 Å². The Hall–Kier alpha value is -1.39. The fourth-order valence-electron chi connectivity index (χ4n) is 2.62. The molecule has 2 heterocycles. The van der Waals surface area contributed by atoms with Crippen LogP contribution in [0.3, 0.4) is 0 Å². The number of hydrogen-bond donors (Lipinski definition) is 1. The standard InChI is InChI=1S/C16H17ClN2OS/c1-10-8-16(21-9-11(10)2)12(3)18-19(15(16)20)14-6-4-13(17)5-7-14/h4-7,18H,3,8-9H2,1-2H3/t16-/m0/s1. The maximum atomic E-state index is 13.0. The molecule has 1 fully saturated rings. The van der Waals surface area contributed by atoms with Crippen molar-refractivity contribution in [1.29, 1.82) is 0 Å². The van der Waals surface area contributed by atoms with Gasteiger partial charge in [-0.25, -0.2) is 5.01 Å². The fourth-order valence-corrected chi connectivity index (χ4v) is 4.21. The Morgan fingerprint density at radius 1 is 1.29 bits per heavy atom. The van der Waals surface area contributed by atoms with Crippen molar-refractivity contribution in [2.24, 2.45) is 0 Å². The smallest absolute Gasteiger partial charge is 0.268 e. The third-order valence-corrected chi connectivity index (χ3v) is 6.03. The highest BCUT2D eigenvalue weighted by molar-refractivity contribution is 8.01. The number of rotatable bonds is 1. The SMILES string of the molecule is C=C1NN(c2ccc(Cl)cc2)C(=O)[C@]12CC(C)=C(C)CS2. The van der Waals surface area contributed by atoms with E-state index in [4.69, 9.17) is 11.6 Å². The van der Waals surface area contributed by atoms with Crippen molar-refractivity contribution >= 4 is 35.0 Å². The van der Waals surface area contributed by atoms with Crippen molar-refractivity contribution in [1.82, 2.24) is 5.43 Å². The topological polar surface area (TPSA) is 32.3 Å². The maximum absolute atomic E-state index is 13.0. The number of benzene rings is 1. The van der Waals surface area contributed by atoms with E-state index < -0.39 is 4.75 Å². The zero-order chi connectivity index (χ0) is 15.2. The Bertz CT molecular complexity index is 653. The molecule has 3 nitrogen and oxygen atoms in total. The van der Waals surface area contributed by atoms with Gasteiger partial charge in [-0.3, -0.25) is 10.2 Å². The van der Waals surface area contributed by atoms with E-state index in [1.807, 2.05) is 12.1 Å². The predicted octanol–water partition coefficient (Wildman–Crippen LogP) is 3.92. The summed E-state index contributed by atoms with van der Waals surface area (Å²) < 4.78 is -0.580. The first-order valence-electron chi connectivity index (χ1n) is 6.79. The highest BCUT2D eigenvalue weighted by Crippen LogP contribution is 2.47. The minimum atomic E-state index is -0.580. The van der Waals surface area contributed by atoms with Gasteiger partial charge in [0.25, 0.3) is 5.91 Å². The summed E-state index contributed by atoms with van der Waals surface area (Å²) in [5.41, 5.74) is 7.32. The second-order valence-corrected chi connectivity index (χ2v) is 7.27. The lowest BCUT2D eigenvalue weighted by Crippen LogP contribution is -2.41. The van der Waals surface area contributed by atoms with E-state index >= 15 is 0 Å². The van der Waals surface area contributed by atoms with Crippen LogP contribution in [-0.4, -0.2) is 16.4 Å². The molecule has 1 aromatic carbocycles. The van der Waals surface area contributed by atoms with Crippen LogP contribution in [0.25, 0.3) is 0 Å². The molecule has 0 bridgehead atoms. The Morgan fingerprint density at radius 3 is 2.57 bits per heavy atom. The molecule has 0 unspecified atom stereocenters. The number of thioether (sulfide) groups is 1. The molecule has 1 aromatic rings. The van der Waals surface area contributed by atoms with E-state index in [0.717, 1.165) is 23.6 Å². The Morgan fingerprint density at radius 2 is 1.95 bits per heavy atom. The third kappa shape index (κ3) is 2.27. The van der Waals surface area contributed by atoms with Crippen molar-refractivity contribution in [3.8, 4) is 0 Å². The summed E-state index contributed by atoms with van der Waals surface area (Å²) in [6.07, 6.45) is 0.720. The van der Waals surface area contributed by atoms with E-state index in [0.29, 0.717) is 5.02 Å². The van der Waals surface area contributed by atoms with Crippen LogP contribution in [-0.2, 0) is 4.79 Å². The van der Waals surface area contributed by atoms with E-state index in [1.54, 1.807) is 28.9 Å². The van der Waals surface area contributed by atoms with Crippen molar-refractivity contribution in [2.75, 3.05) is 10.8 Å². The zero-order valence-electron chi connectivity index (χ0n) is 12.1. The van der Waals surface area contributed by atoms with Gasteiger partial charge < -0.3 is 0 Å². The molecule has 1 spiro atoms. The van der Waals surface area contributed by atoms with Gasteiger partial charge in [-0.1, -0.05) is 29.3 Å². The van der Waals surface area contributed by atoms with Crippen LogP contribution in [0.1, 0.15) is 20.3 Å². The van der Waals surface area contributed by atoms with Gasteiger partial charge in [-0.15, -0.1) is 11.8 Å². The maximum Gasteiger partial charge on any atom is 0.268 e. The molecule has 0 aromatic heterocycles. The minimum absolute atomic E-state index is 0.0478. The molecule has 1 atom stereocenters. The minimum Gasteiger partial charge on any atom is -0.294 e. The number of hydrogen-bond acceptors (Lipinski definition) is 3. The summed E-state index contributed by atoms with van der Waals surface area (Å²) in [4.78, 5) is 13.0. The molecule has 5 heteroatoms. The highest BCUT2D eigenvalue weighted by Gasteiger charge is 2.52. The third-order valence-electron chi connectivity index (χ3n) is 4.15. The first-order valence-corrected chi connectivity index (χ1v) is 8.16. The lowest BCUT2D eigenvalue weighted by atomic mass is 9.93. The first-order chi connectivity index (χ1) is 9.94. The van der Waals surface area contributed by atoms with Crippen LogP contribution in [0.4, 0.5) is 5.69 Å². The zero-order valence-corrected chi connectivity index (χ0v) is 13.6. The van der Waals surface area contributed by atoms with Gasteiger partial charge in [0.2, 0.25) is 0 Å². The summed E-state index contributed by atoms with van der Waals surface area (Å²) in [7, 11) is 0. The molecule has 1 amide bonds. The van der Waals surface area contributed by atoms with E-state index in [-0.39, 0.29) is 5.91 Å². The number of hydrazine groups is 1. The second kappa shape index (κ2) is 5.11. The Balaban J connectivity index is 1.95. The summed E-state index contributed by atoms with van der Waals surface area (Å²) in [5.74, 6) is 0.916. The molecule has 0 radical (unpaired) electrons. The molecule has 110 valence electrons. The summed E-state index contributed by atoms with van der Waals surface area (Å²) in [6.45, 7) is 8.32. The first kappa shape index (κ1) is 14.5. The second-order valence-electron chi connectivity index (χ2n) is 5.56. The summed E-state index contributed by atoms with van der Waals surface area (Å²) >= 11 is 7.57. The van der Waals surface area contributed by atoms with Gasteiger partial charge >= 0.3 is 0 Å². The quantitative estimate of drug-likeness (QED) is 0.796. The van der Waals surface area contributed by atoms with E-state index in [2.05, 4.69) is 25.9 Å². The van der Waals surface area contributed by atoms with E-state index in [1.165, 1.54) is 11.1 Å². The number of carbonyl (C=O) groups is 1. The molecule has 2 aliphatic rings.